The molecule has 6 heteroatoms. The summed E-state index contributed by atoms with van der Waals surface area (Å²) in [5.74, 6) is -0.463. The highest BCUT2D eigenvalue weighted by atomic mass is 19.1. The number of rotatable bonds is 7. The van der Waals surface area contributed by atoms with Gasteiger partial charge in [0.15, 0.2) is 0 Å². The molecular formula is C23H27FN2O3. The summed E-state index contributed by atoms with van der Waals surface area (Å²) in [6.45, 7) is 3.79. The van der Waals surface area contributed by atoms with Gasteiger partial charge in [0.1, 0.15) is 5.82 Å². The molecule has 2 aromatic carbocycles. The predicted molar refractivity (Wildman–Crippen MR) is 110 cm³/mol. The molecule has 1 aliphatic rings. The first-order valence-electron chi connectivity index (χ1n) is 10.0. The third-order valence-corrected chi connectivity index (χ3v) is 5.60. The topological polar surface area (TPSA) is 69.6 Å². The van der Waals surface area contributed by atoms with Crippen LogP contribution in [-0.4, -0.2) is 47.1 Å². The summed E-state index contributed by atoms with van der Waals surface area (Å²) in [6, 6.07) is 13.7. The molecule has 0 aliphatic carbocycles. The van der Waals surface area contributed by atoms with Crippen LogP contribution in [0, 0.1) is 5.82 Å². The largest absolute Gasteiger partial charge is 0.394 e. The zero-order valence-corrected chi connectivity index (χ0v) is 16.8. The molecule has 0 spiro atoms. The van der Waals surface area contributed by atoms with E-state index in [1.54, 1.807) is 24.8 Å². The van der Waals surface area contributed by atoms with Gasteiger partial charge in [0.25, 0.3) is 0 Å². The van der Waals surface area contributed by atoms with E-state index in [4.69, 9.17) is 0 Å². The van der Waals surface area contributed by atoms with Crippen LogP contribution in [0.5, 0.6) is 0 Å². The first kappa shape index (κ1) is 21.0. The highest BCUT2D eigenvalue weighted by Gasteiger charge is 2.50. The molecule has 3 atom stereocenters. The quantitative estimate of drug-likeness (QED) is 0.753. The molecule has 1 aliphatic heterocycles. The second kappa shape index (κ2) is 9.18. The van der Waals surface area contributed by atoms with Gasteiger partial charge in [0, 0.05) is 25.3 Å². The number of nitrogens with zero attached hydrogens (tertiary/aromatic N) is 1. The molecular weight excluding hydrogens is 371 g/mol. The van der Waals surface area contributed by atoms with E-state index >= 15 is 0 Å². The smallest absolute Gasteiger partial charge is 0.222 e. The van der Waals surface area contributed by atoms with E-state index < -0.39 is 0 Å². The Morgan fingerprint density at radius 3 is 2.34 bits per heavy atom. The number of aliphatic hydroxyl groups excluding tert-OH is 1. The van der Waals surface area contributed by atoms with Crippen LogP contribution in [0.25, 0.3) is 11.1 Å². The van der Waals surface area contributed by atoms with Gasteiger partial charge in [-0.05, 0) is 28.8 Å². The molecule has 0 bridgehead atoms. The molecule has 1 fully saturated rings. The van der Waals surface area contributed by atoms with E-state index in [1.807, 2.05) is 30.3 Å². The monoisotopic (exact) mass is 398 g/mol. The van der Waals surface area contributed by atoms with E-state index in [2.05, 4.69) is 5.32 Å². The Morgan fingerprint density at radius 1 is 1.03 bits per heavy atom. The molecule has 1 heterocycles. The van der Waals surface area contributed by atoms with Crippen molar-refractivity contribution < 1.29 is 19.1 Å². The minimum absolute atomic E-state index is 0.0348. The minimum Gasteiger partial charge on any atom is -0.394 e. The van der Waals surface area contributed by atoms with E-state index in [0.29, 0.717) is 19.4 Å². The second-order valence-electron chi connectivity index (χ2n) is 7.29. The Balaban J connectivity index is 1.85. The van der Waals surface area contributed by atoms with Crippen molar-refractivity contribution in [3.63, 3.8) is 0 Å². The fraction of sp³-hybridized carbons (Fsp3) is 0.391. The first-order valence-corrected chi connectivity index (χ1v) is 10.0. The van der Waals surface area contributed by atoms with Crippen molar-refractivity contribution in [1.82, 2.24) is 10.2 Å². The van der Waals surface area contributed by atoms with Crippen molar-refractivity contribution >= 4 is 11.8 Å². The molecule has 29 heavy (non-hydrogen) atoms. The van der Waals surface area contributed by atoms with E-state index in [0.717, 1.165) is 16.7 Å². The van der Waals surface area contributed by atoms with Crippen molar-refractivity contribution in [3.8, 4) is 11.1 Å². The summed E-state index contributed by atoms with van der Waals surface area (Å²) in [7, 11) is 0. The lowest BCUT2D eigenvalue weighted by Gasteiger charge is -2.55. The summed E-state index contributed by atoms with van der Waals surface area (Å²) < 4.78 is 13.5. The van der Waals surface area contributed by atoms with Crippen LogP contribution in [0.15, 0.2) is 48.5 Å². The maximum Gasteiger partial charge on any atom is 0.222 e. The Kier molecular flexibility index (Phi) is 6.64. The standard InChI is InChI=1S/C23H27FN2O3/c1-3-21(28)25-13-19-23(20(14-27)26(19)22(29)4-2)16-10-8-15(9-11-16)17-6-5-7-18(24)12-17/h5-12,19-20,23,27H,3-4,13-14H2,1-2H3,(H,25,28)/t19-,20+,23-/m1/s1. The zero-order chi connectivity index (χ0) is 21.0. The normalized spacial score (nSPS) is 20.8. The number of likely N-dealkylation sites (tertiary alicyclic amines) is 1. The molecule has 1 saturated heterocycles. The van der Waals surface area contributed by atoms with Crippen molar-refractivity contribution in [2.45, 2.75) is 44.7 Å². The van der Waals surface area contributed by atoms with E-state index in [-0.39, 0.29) is 42.2 Å². The number of benzene rings is 2. The number of nitrogens with one attached hydrogen (secondary N) is 1. The summed E-state index contributed by atoms with van der Waals surface area (Å²) in [5, 5.41) is 12.8. The molecule has 2 amide bonds. The van der Waals surface area contributed by atoms with Crippen LogP contribution in [-0.2, 0) is 9.59 Å². The van der Waals surface area contributed by atoms with Gasteiger partial charge in [-0.15, -0.1) is 0 Å². The molecule has 3 rings (SSSR count). The zero-order valence-electron chi connectivity index (χ0n) is 16.8. The van der Waals surface area contributed by atoms with E-state index in [1.165, 1.54) is 12.1 Å². The lowest BCUT2D eigenvalue weighted by atomic mass is 9.74. The van der Waals surface area contributed by atoms with Crippen LogP contribution in [0.2, 0.25) is 0 Å². The number of hydrogen-bond acceptors (Lipinski definition) is 3. The molecule has 2 aromatic rings. The van der Waals surface area contributed by atoms with Crippen molar-refractivity contribution in [2.75, 3.05) is 13.2 Å². The van der Waals surface area contributed by atoms with Crippen LogP contribution in [0.4, 0.5) is 4.39 Å². The predicted octanol–water partition coefficient (Wildman–Crippen LogP) is 3.08. The summed E-state index contributed by atoms with van der Waals surface area (Å²) in [4.78, 5) is 25.8. The van der Waals surface area contributed by atoms with Crippen molar-refractivity contribution in [1.29, 1.82) is 0 Å². The van der Waals surface area contributed by atoms with Gasteiger partial charge in [0.05, 0.1) is 18.7 Å². The number of amides is 2. The van der Waals surface area contributed by atoms with Crippen molar-refractivity contribution in [2.24, 2.45) is 0 Å². The van der Waals surface area contributed by atoms with Crippen molar-refractivity contribution in [3.05, 3.63) is 59.9 Å². The SMILES string of the molecule is CCC(=O)NC[C@@H]1[C@@H](c2ccc(-c3cccc(F)c3)cc2)[C@H](CO)N1C(=O)CC. The molecule has 5 nitrogen and oxygen atoms in total. The maximum atomic E-state index is 13.5. The maximum absolute atomic E-state index is 13.5. The third-order valence-electron chi connectivity index (χ3n) is 5.60. The number of hydrogen-bond donors (Lipinski definition) is 2. The summed E-state index contributed by atoms with van der Waals surface area (Å²) >= 11 is 0. The summed E-state index contributed by atoms with van der Waals surface area (Å²) in [5.41, 5.74) is 2.67. The highest BCUT2D eigenvalue weighted by Crippen LogP contribution is 2.41. The van der Waals surface area contributed by atoms with Gasteiger partial charge >= 0.3 is 0 Å². The minimum atomic E-state index is -0.314. The van der Waals surface area contributed by atoms with Gasteiger partial charge in [0.2, 0.25) is 11.8 Å². The fourth-order valence-electron chi connectivity index (χ4n) is 4.08. The molecule has 0 unspecified atom stereocenters. The highest BCUT2D eigenvalue weighted by molar-refractivity contribution is 5.79. The van der Waals surface area contributed by atoms with Gasteiger partial charge < -0.3 is 15.3 Å². The second-order valence-corrected chi connectivity index (χ2v) is 7.29. The first-order chi connectivity index (χ1) is 14.0. The van der Waals surface area contributed by atoms with Gasteiger partial charge in [-0.2, -0.15) is 0 Å². The lowest BCUT2D eigenvalue weighted by molar-refractivity contribution is -0.150. The van der Waals surface area contributed by atoms with Crippen LogP contribution < -0.4 is 5.32 Å². The lowest BCUT2D eigenvalue weighted by Crippen LogP contribution is -2.68. The molecule has 0 saturated carbocycles. The Labute approximate surface area is 170 Å². The Bertz CT molecular complexity index is 869. The Hall–Kier alpha value is -2.73. The number of carbonyl (C=O) groups is 2. The summed E-state index contributed by atoms with van der Waals surface area (Å²) in [6.07, 6.45) is 0.727. The van der Waals surface area contributed by atoms with Crippen LogP contribution in [0.1, 0.15) is 38.2 Å². The van der Waals surface area contributed by atoms with Gasteiger partial charge in [-0.3, -0.25) is 9.59 Å². The molecule has 0 aromatic heterocycles. The number of aliphatic hydroxyl groups is 1. The number of carbonyl (C=O) groups excluding carboxylic acids is 2. The third kappa shape index (κ3) is 4.32. The Morgan fingerprint density at radius 2 is 1.76 bits per heavy atom. The molecule has 0 radical (unpaired) electrons. The number of halogens is 1. The van der Waals surface area contributed by atoms with Crippen LogP contribution >= 0.6 is 0 Å². The van der Waals surface area contributed by atoms with Gasteiger partial charge in [-0.1, -0.05) is 50.2 Å². The van der Waals surface area contributed by atoms with E-state index in [9.17, 15) is 19.1 Å². The average molecular weight is 398 g/mol. The molecule has 2 N–H and O–H groups in total. The molecule has 154 valence electrons. The fourth-order valence-corrected chi connectivity index (χ4v) is 4.08. The van der Waals surface area contributed by atoms with Crippen LogP contribution in [0.3, 0.4) is 0 Å². The average Bonchev–Trinajstić information content (AvgIpc) is 2.73. The van der Waals surface area contributed by atoms with Gasteiger partial charge in [-0.25, -0.2) is 4.39 Å².